The highest BCUT2D eigenvalue weighted by Crippen LogP contribution is 2.57. The van der Waals surface area contributed by atoms with Gasteiger partial charge in [-0.05, 0) is 18.2 Å². The predicted molar refractivity (Wildman–Crippen MR) is 87.6 cm³/mol. The van der Waals surface area contributed by atoms with Gasteiger partial charge in [-0.1, -0.05) is 54.6 Å². The maximum atomic E-state index is 12.7. The predicted octanol–water partition coefficient (Wildman–Crippen LogP) is 3.80. The van der Waals surface area contributed by atoms with Gasteiger partial charge in [-0.3, -0.25) is 0 Å². The maximum absolute atomic E-state index is 12.7. The summed E-state index contributed by atoms with van der Waals surface area (Å²) in [5.74, 6) is 1.20. The van der Waals surface area contributed by atoms with E-state index in [1.807, 2.05) is 54.6 Å². The van der Waals surface area contributed by atoms with Crippen LogP contribution in [-0.2, 0) is 19.9 Å². The van der Waals surface area contributed by atoms with E-state index < -0.39 is 15.7 Å². The van der Waals surface area contributed by atoms with Gasteiger partial charge in [0, 0.05) is 16.7 Å². The molecule has 0 saturated heterocycles. The van der Waals surface area contributed by atoms with Crippen LogP contribution in [0.3, 0.4) is 0 Å². The molecule has 3 aromatic rings. The zero-order valence-corrected chi connectivity index (χ0v) is 13.3. The van der Waals surface area contributed by atoms with E-state index in [4.69, 9.17) is 8.92 Å². The molecule has 0 unspecified atom stereocenters. The maximum Gasteiger partial charge on any atom is 0.298 e. The third kappa shape index (κ3) is 1.58. The van der Waals surface area contributed by atoms with E-state index in [9.17, 15) is 8.42 Å². The van der Waals surface area contributed by atoms with Crippen molar-refractivity contribution in [3.8, 4) is 11.5 Å². The summed E-state index contributed by atoms with van der Waals surface area (Å²) in [5, 5.41) is 0. The van der Waals surface area contributed by atoms with Gasteiger partial charge < -0.3 is 4.74 Å². The molecule has 1 spiro atoms. The first-order chi connectivity index (χ1) is 11.6. The highest BCUT2D eigenvalue weighted by Gasteiger charge is 2.55. The second-order valence-corrected chi connectivity index (χ2v) is 7.32. The fourth-order valence-electron chi connectivity index (χ4n) is 3.57. The molecular weight excluding hydrogens is 324 g/mol. The first-order valence-corrected chi connectivity index (χ1v) is 8.96. The molecule has 0 fully saturated rings. The summed E-state index contributed by atoms with van der Waals surface area (Å²) in [5.41, 5.74) is 0.795. The number of para-hydroxylation sites is 2. The van der Waals surface area contributed by atoms with E-state index in [0.717, 1.165) is 0 Å². The van der Waals surface area contributed by atoms with Crippen molar-refractivity contribution in [2.75, 3.05) is 0 Å². The lowest BCUT2D eigenvalue weighted by Crippen LogP contribution is -2.32. The normalized spacial score (nSPS) is 18.3. The molecule has 2 aliphatic heterocycles. The third-order valence-corrected chi connectivity index (χ3v) is 5.89. The van der Waals surface area contributed by atoms with Crippen LogP contribution in [-0.4, -0.2) is 8.42 Å². The summed E-state index contributed by atoms with van der Waals surface area (Å²) < 4.78 is 37.1. The molecule has 0 amide bonds. The number of hydrogen-bond donors (Lipinski definition) is 0. The van der Waals surface area contributed by atoms with Crippen molar-refractivity contribution >= 4 is 10.1 Å². The van der Waals surface area contributed by atoms with Crippen LogP contribution in [0, 0.1) is 0 Å². The fraction of sp³-hybridized carbons (Fsp3) is 0.0526. The Balaban J connectivity index is 1.97. The van der Waals surface area contributed by atoms with Crippen LogP contribution in [0.4, 0.5) is 0 Å². The summed E-state index contributed by atoms with van der Waals surface area (Å²) >= 11 is 0. The second kappa shape index (κ2) is 4.47. The van der Waals surface area contributed by atoms with E-state index in [1.54, 1.807) is 18.2 Å². The van der Waals surface area contributed by atoms with Crippen LogP contribution >= 0.6 is 0 Å². The summed E-state index contributed by atoms with van der Waals surface area (Å²) in [6.45, 7) is 0. The summed E-state index contributed by atoms with van der Waals surface area (Å²) in [6, 6.07) is 21.7. The summed E-state index contributed by atoms with van der Waals surface area (Å²) in [6.07, 6.45) is 0. The number of benzene rings is 3. The van der Waals surface area contributed by atoms with Gasteiger partial charge in [0.05, 0.1) is 0 Å². The van der Waals surface area contributed by atoms with Gasteiger partial charge in [0.15, 0.2) is 5.60 Å². The van der Waals surface area contributed by atoms with Gasteiger partial charge in [-0.2, -0.15) is 8.42 Å². The first kappa shape index (κ1) is 13.8. The van der Waals surface area contributed by atoms with E-state index in [-0.39, 0.29) is 4.90 Å². The molecule has 0 radical (unpaired) electrons. The van der Waals surface area contributed by atoms with Gasteiger partial charge in [0.1, 0.15) is 16.4 Å². The van der Waals surface area contributed by atoms with Crippen molar-refractivity contribution in [2.24, 2.45) is 0 Å². The molecular formula is C19H12O4S. The Morgan fingerprint density at radius 2 is 1.17 bits per heavy atom. The number of rotatable bonds is 0. The van der Waals surface area contributed by atoms with Crippen LogP contribution in [0.1, 0.15) is 16.7 Å². The van der Waals surface area contributed by atoms with Crippen molar-refractivity contribution in [1.29, 1.82) is 0 Å². The topological polar surface area (TPSA) is 52.6 Å². The lowest BCUT2D eigenvalue weighted by Gasteiger charge is -2.35. The molecule has 2 aliphatic rings. The molecule has 0 atom stereocenters. The van der Waals surface area contributed by atoms with E-state index in [0.29, 0.717) is 28.2 Å². The lowest BCUT2D eigenvalue weighted by molar-refractivity contribution is 0.164. The number of fused-ring (bicyclic) bond motifs is 6. The average Bonchev–Trinajstić information content (AvgIpc) is 2.84. The molecule has 4 nitrogen and oxygen atoms in total. The highest BCUT2D eigenvalue weighted by molar-refractivity contribution is 7.87. The van der Waals surface area contributed by atoms with Crippen LogP contribution < -0.4 is 4.74 Å². The molecule has 118 valence electrons. The Labute approximate surface area is 139 Å². The standard InChI is InChI=1S/C19H12O4S/c20-24(21)18-12-6-3-9-15(18)19(23-24)13-7-1-4-10-16(13)22-17-11-5-2-8-14(17)19/h1-12H. The SMILES string of the molecule is O=S1(=O)OC2(c3ccccc3Oc3ccccc32)c2ccccc21. The van der Waals surface area contributed by atoms with Crippen LogP contribution in [0.25, 0.3) is 0 Å². The van der Waals surface area contributed by atoms with Crippen LogP contribution in [0.2, 0.25) is 0 Å². The fourth-order valence-corrected chi connectivity index (χ4v) is 4.98. The Bertz CT molecular complexity index is 1040. The average molecular weight is 336 g/mol. The van der Waals surface area contributed by atoms with Crippen molar-refractivity contribution < 1.29 is 17.3 Å². The number of hydrogen-bond acceptors (Lipinski definition) is 4. The van der Waals surface area contributed by atoms with Gasteiger partial charge >= 0.3 is 0 Å². The van der Waals surface area contributed by atoms with Crippen molar-refractivity contribution in [3.05, 3.63) is 89.5 Å². The monoisotopic (exact) mass is 336 g/mol. The minimum atomic E-state index is -3.85. The minimum Gasteiger partial charge on any atom is -0.457 e. The van der Waals surface area contributed by atoms with Crippen LogP contribution in [0.5, 0.6) is 11.5 Å². The molecule has 0 N–H and O–H groups in total. The Morgan fingerprint density at radius 1 is 0.667 bits per heavy atom. The molecule has 5 heteroatoms. The molecule has 0 saturated carbocycles. The minimum absolute atomic E-state index is 0.205. The van der Waals surface area contributed by atoms with E-state index in [1.165, 1.54) is 0 Å². The van der Waals surface area contributed by atoms with Crippen molar-refractivity contribution in [3.63, 3.8) is 0 Å². The molecule has 0 aromatic heterocycles. The van der Waals surface area contributed by atoms with Crippen molar-refractivity contribution in [1.82, 2.24) is 0 Å². The van der Waals surface area contributed by atoms with Gasteiger partial charge in [-0.25, -0.2) is 4.18 Å². The van der Waals surface area contributed by atoms with Crippen LogP contribution in [0.15, 0.2) is 77.7 Å². The van der Waals surface area contributed by atoms with E-state index in [2.05, 4.69) is 0 Å². The molecule has 3 aromatic carbocycles. The second-order valence-electron chi connectivity index (χ2n) is 5.81. The smallest absolute Gasteiger partial charge is 0.298 e. The van der Waals surface area contributed by atoms with Crippen molar-refractivity contribution in [2.45, 2.75) is 10.5 Å². The Morgan fingerprint density at radius 3 is 1.79 bits per heavy atom. The molecule has 0 bridgehead atoms. The zero-order valence-electron chi connectivity index (χ0n) is 12.5. The largest absolute Gasteiger partial charge is 0.457 e. The molecule has 2 heterocycles. The quantitative estimate of drug-likeness (QED) is 0.586. The highest BCUT2D eigenvalue weighted by atomic mass is 32.2. The first-order valence-electron chi connectivity index (χ1n) is 7.55. The molecule has 0 aliphatic carbocycles. The van der Waals surface area contributed by atoms with Gasteiger partial charge in [0.25, 0.3) is 10.1 Å². The Hall–Kier alpha value is -2.63. The zero-order chi connectivity index (χ0) is 16.4. The van der Waals surface area contributed by atoms with Gasteiger partial charge in [0.2, 0.25) is 0 Å². The van der Waals surface area contributed by atoms with E-state index >= 15 is 0 Å². The molecule has 24 heavy (non-hydrogen) atoms. The lowest BCUT2D eigenvalue weighted by atomic mass is 9.78. The van der Waals surface area contributed by atoms with Gasteiger partial charge in [-0.15, -0.1) is 0 Å². The summed E-state index contributed by atoms with van der Waals surface area (Å²) in [4.78, 5) is 0.205. The molecule has 5 rings (SSSR count). The summed E-state index contributed by atoms with van der Waals surface area (Å²) in [7, 11) is -3.85. The number of ether oxygens (including phenoxy) is 1. The Kier molecular flexibility index (Phi) is 2.56. The third-order valence-electron chi connectivity index (χ3n) is 4.52.